The topological polar surface area (TPSA) is 87.3 Å². The van der Waals surface area contributed by atoms with Crippen LogP contribution in [0, 0.1) is 0 Å². The highest BCUT2D eigenvalue weighted by molar-refractivity contribution is 7.89. The Morgan fingerprint density at radius 2 is 2.00 bits per heavy atom. The molecule has 1 aromatic carbocycles. The van der Waals surface area contributed by atoms with Gasteiger partial charge < -0.3 is 10.6 Å². The summed E-state index contributed by atoms with van der Waals surface area (Å²) >= 11 is 0. The van der Waals surface area contributed by atoms with Gasteiger partial charge in [-0.05, 0) is 57.1 Å². The van der Waals surface area contributed by atoms with Gasteiger partial charge in [0, 0.05) is 5.69 Å². The van der Waals surface area contributed by atoms with E-state index in [4.69, 9.17) is 0 Å². The van der Waals surface area contributed by atoms with E-state index in [1.54, 1.807) is 12.1 Å². The van der Waals surface area contributed by atoms with Crippen molar-refractivity contribution in [3.8, 4) is 0 Å². The zero-order valence-corrected chi connectivity index (χ0v) is 13.1. The predicted octanol–water partition coefficient (Wildman–Crippen LogP) is 1.07. The zero-order valence-electron chi connectivity index (χ0n) is 12.3. The van der Waals surface area contributed by atoms with E-state index in [1.165, 1.54) is 19.2 Å². The van der Waals surface area contributed by atoms with Gasteiger partial charge >= 0.3 is 0 Å². The fraction of sp³-hybridized carbons (Fsp3) is 0.500. The Balaban J connectivity index is 2.12. The van der Waals surface area contributed by atoms with Crippen LogP contribution in [0.15, 0.2) is 29.2 Å². The van der Waals surface area contributed by atoms with Gasteiger partial charge in [0.05, 0.1) is 10.4 Å². The van der Waals surface area contributed by atoms with E-state index in [2.05, 4.69) is 15.4 Å². The summed E-state index contributed by atoms with van der Waals surface area (Å²) in [5.41, 5.74) is 0.0898. The monoisotopic (exact) mass is 311 g/mol. The van der Waals surface area contributed by atoms with Gasteiger partial charge in [0.15, 0.2) is 0 Å². The van der Waals surface area contributed by atoms with Crippen molar-refractivity contribution in [2.24, 2.45) is 0 Å². The molecule has 1 atom stereocenters. The van der Waals surface area contributed by atoms with Crippen molar-refractivity contribution in [2.75, 3.05) is 18.9 Å². The summed E-state index contributed by atoms with van der Waals surface area (Å²) in [6, 6.07) is 6.14. The van der Waals surface area contributed by atoms with Crippen molar-refractivity contribution in [2.45, 2.75) is 36.6 Å². The minimum absolute atomic E-state index is 0.0632. The molecule has 21 heavy (non-hydrogen) atoms. The van der Waals surface area contributed by atoms with E-state index in [0.29, 0.717) is 5.69 Å². The molecule has 1 aromatic rings. The third-order valence-corrected chi connectivity index (χ3v) is 5.40. The van der Waals surface area contributed by atoms with Crippen LogP contribution in [0.4, 0.5) is 5.69 Å². The van der Waals surface area contributed by atoms with Crippen molar-refractivity contribution in [1.82, 2.24) is 10.0 Å². The number of amides is 1. The Hall–Kier alpha value is -1.44. The van der Waals surface area contributed by atoms with E-state index >= 15 is 0 Å². The maximum Gasteiger partial charge on any atom is 0.244 e. The van der Waals surface area contributed by atoms with Crippen molar-refractivity contribution in [3.63, 3.8) is 0 Å². The van der Waals surface area contributed by atoms with Gasteiger partial charge in [-0.1, -0.05) is 6.92 Å². The first-order chi connectivity index (χ1) is 9.93. The van der Waals surface area contributed by atoms with Crippen molar-refractivity contribution in [1.29, 1.82) is 0 Å². The first-order valence-corrected chi connectivity index (χ1v) is 8.52. The largest absolute Gasteiger partial charge is 0.324 e. The van der Waals surface area contributed by atoms with Gasteiger partial charge in [-0.15, -0.1) is 0 Å². The second-order valence-corrected chi connectivity index (χ2v) is 7.04. The highest BCUT2D eigenvalue weighted by Crippen LogP contribution is 2.25. The van der Waals surface area contributed by atoms with Crippen LogP contribution in [0.3, 0.4) is 0 Å². The maximum atomic E-state index is 12.4. The van der Waals surface area contributed by atoms with E-state index in [0.717, 1.165) is 25.8 Å². The molecule has 1 aliphatic heterocycles. The summed E-state index contributed by atoms with van der Waals surface area (Å²) in [5.74, 6) is -0.0632. The van der Waals surface area contributed by atoms with Crippen LogP contribution in [-0.2, 0) is 14.8 Å². The van der Waals surface area contributed by atoms with Crippen LogP contribution in [0.2, 0.25) is 0 Å². The van der Waals surface area contributed by atoms with Crippen LogP contribution >= 0.6 is 0 Å². The predicted molar refractivity (Wildman–Crippen MR) is 81.6 cm³/mol. The Morgan fingerprint density at radius 1 is 1.33 bits per heavy atom. The molecule has 6 nitrogen and oxygen atoms in total. The summed E-state index contributed by atoms with van der Waals surface area (Å²) in [7, 11) is -2.09. The lowest BCUT2D eigenvalue weighted by atomic mass is 9.93. The SMILES string of the molecule is CCC1(C(=O)Nc2ccc(S(=O)(=O)NC)cc2)CCCN1. The number of hydrogen-bond acceptors (Lipinski definition) is 4. The standard InChI is InChI=1S/C14H21N3O3S/c1-3-14(9-4-10-16-14)13(18)17-11-5-7-12(8-6-11)21(19,20)15-2/h5-8,15-16H,3-4,9-10H2,1-2H3,(H,17,18). The van der Waals surface area contributed by atoms with Gasteiger partial charge in [-0.3, -0.25) is 4.79 Å². The lowest BCUT2D eigenvalue weighted by Gasteiger charge is -2.26. The number of nitrogens with one attached hydrogen (secondary N) is 3. The maximum absolute atomic E-state index is 12.4. The second kappa shape index (κ2) is 6.13. The third-order valence-electron chi connectivity index (χ3n) is 3.97. The number of rotatable bonds is 5. The number of sulfonamides is 1. The Kier molecular flexibility index (Phi) is 4.65. The van der Waals surface area contributed by atoms with Crippen LogP contribution < -0.4 is 15.4 Å². The average Bonchev–Trinajstić information content (AvgIpc) is 2.98. The molecule has 0 radical (unpaired) electrons. The zero-order chi connectivity index (χ0) is 15.5. The minimum atomic E-state index is -3.45. The second-order valence-electron chi connectivity index (χ2n) is 5.15. The Labute approximate surface area is 125 Å². The molecule has 0 aliphatic carbocycles. The fourth-order valence-corrected chi connectivity index (χ4v) is 3.28. The molecule has 116 valence electrons. The van der Waals surface area contributed by atoms with E-state index in [9.17, 15) is 13.2 Å². The Bertz CT molecular complexity index is 605. The van der Waals surface area contributed by atoms with Crippen molar-refractivity contribution >= 4 is 21.6 Å². The first-order valence-electron chi connectivity index (χ1n) is 7.03. The summed E-state index contributed by atoms with van der Waals surface area (Å²) in [5, 5.41) is 6.12. The molecule has 1 heterocycles. The van der Waals surface area contributed by atoms with Crippen LogP contribution in [0.1, 0.15) is 26.2 Å². The van der Waals surface area contributed by atoms with E-state index < -0.39 is 15.6 Å². The number of carbonyl (C=O) groups is 1. The minimum Gasteiger partial charge on any atom is -0.324 e. The highest BCUT2D eigenvalue weighted by atomic mass is 32.2. The lowest BCUT2D eigenvalue weighted by Crippen LogP contribution is -2.50. The lowest BCUT2D eigenvalue weighted by molar-refractivity contribution is -0.122. The highest BCUT2D eigenvalue weighted by Gasteiger charge is 2.39. The van der Waals surface area contributed by atoms with Crippen LogP contribution in [0.5, 0.6) is 0 Å². The number of benzene rings is 1. The molecule has 1 saturated heterocycles. The molecular weight excluding hydrogens is 290 g/mol. The number of carbonyl (C=O) groups excluding carboxylic acids is 1. The summed E-state index contributed by atoms with van der Waals surface area (Å²) in [4.78, 5) is 12.6. The molecule has 0 bridgehead atoms. The van der Waals surface area contributed by atoms with Gasteiger partial charge in [0.25, 0.3) is 0 Å². The molecule has 0 aromatic heterocycles. The molecule has 1 aliphatic rings. The number of hydrogen-bond donors (Lipinski definition) is 3. The summed E-state index contributed by atoms with van der Waals surface area (Å²) < 4.78 is 25.5. The smallest absolute Gasteiger partial charge is 0.244 e. The fourth-order valence-electron chi connectivity index (χ4n) is 2.55. The third kappa shape index (κ3) is 3.25. The first kappa shape index (κ1) is 15.9. The van der Waals surface area contributed by atoms with Gasteiger partial charge in [-0.25, -0.2) is 13.1 Å². The van der Waals surface area contributed by atoms with Crippen molar-refractivity contribution in [3.05, 3.63) is 24.3 Å². The molecule has 1 amide bonds. The molecule has 1 fully saturated rings. The van der Waals surface area contributed by atoms with Gasteiger partial charge in [-0.2, -0.15) is 0 Å². The molecule has 0 spiro atoms. The average molecular weight is 311 g/mol. The number of anilines is 1. The molecule has 2 rings (SSSR count). The molecular formula is C14H21N3O3S. The van der Waals surface area contributed by atoms with Gasteiger partial charge in [0.1, 0.15) is 0 Å². The van der Waals surface area contributed by atoms with E-state index in [1.807, 2.05) is 6.92 Å². The van der Waals surface area contributed by atoms with Crippen molar-refractivity contribution < 1.29 is 13.2 Å². The van der Waals surface area contributed by atoms with Gasteiger partial charge in [0.2, 0.25) is 15.9 Å². The molecule has 3 N–H and O–H groups in total. The molecule has 0 saturated carbocycles. The van der Waals surface area contributed by atoms with Crippen LogP contribution in [0.25, 0.3) is 0 Å². The molecule has 7 heteroatoms. The summed E-state index contributed by atoms with van der Waals surface area (Å²) in [6.07, 6.45) is 2.53. The van der Waals surface area contributed by atoms with E-state index in [-0.39, 0.29) is 10.8 Å². The molecule has 1 unspecified atom stereocenters. The Morgan fingerprint density at radius 3 is 2.48 bits per heavy atom. The summed E-state index contributed by atoms with van der Waals surface area (Å²) in [6.45, 7) is 2.83. The quantitative estimate of drug-likeness (QED) is 0.759. The van der Waals surface area contributed by atoms with Crippen LogP contribution in [-0.4, -0.2) is 33.5 Å². The normalized spacial score (nSPS) is 22.2.